The highest BCUT2D eigenvalue weighted by molar-refractivity contribution is 6.24. The first-order valence-electron chi connectivity index (χ1n) is 20.7. The molecule has 6 N–H and O–H groups in total. The molecule has 4 heterocycles. The van der Waals surface area contributed by atoms with E-state index in [1.54, 1.807) is 39.8 Å². The normalized spacial score (nSPS) is 29.5. The number of hydrogen-bond donors (Lipinski definition) is 6. The fourth-order valence-electron chi connectivity index (χ4n) is 8.49. The molecule has 3 aromatic carbocycles. The highest BCUT2D eigenvalue weighted by Gasteiger charge is 2.50. The molecule has 2 amide bonds. The molecule has 0 spiro atoms. The van der Waals surface area contributed by atoms with E-state index in [0.717, 1.165) is 17.3 Å². The minimum atomic E-state index is -2.10. The molecule has 5 bridgehead atoms. The van der Waals surface area contributed by atoms with E-state index in [-0.39, 0.29) is 63.3 Å². The number of aliphatic hydroxyl groups is 2. The number of Topliss-reactive ketones (excluding diaryl/α,β-unsaturated/α-hetero) is 1. The molecule has 63 heavy (non-hydrogen) atoms. The van der Waals surface area contributed by atoms with Crippen LogP contribution in [0.2, 0.25) is 0 Å². The molecule has 0 saturated heterocycles. The number of allylic oxidation sites excluding steroid dienone is 2. The van der Waals surface area contributed by atoms with Crippen molar-refractivity contribution in [3.8, 4) is 23.0 Å². The summed E-state index contributed by atoms with van der Waals surface area (Å²) in [5.74, 6) is -9.38. The van der Waals surface area contributed by atoms with Crippen LogP contribution in [0.15, 0.2) is 65.5 Å². The van der Waals surface area contributed by atoms with Crippen LogP contribution in [0, 0.1) is 30.6 Å². The number of ether oxygens (including phenoxy) is 4. The first-order chi connectivity index (χ1) is 29.7. The first kappa shape index (κ1) is 46.3. The largest absolute Gasteiger partial charge is 0.507 e. The second kappa shape index (κ2) is 18.2. The summed E-state index contributed by atoms with van der Waals surface area (Å²) in [6.07, 6.45) is 4.42. The van der Waals surface area contributed by atoms with Crippen molar-refractivity contribution in [3.63, 3.8) is 0 Å². The average Bonchev–Trinajstić information content (AvgIpc) is 3.51. The molecular formula is C47H55N3O13. The van der Waals surface area contributed by atoms with Crippen molar-refractivity contribution in [3.05, 3.63) is 88.2 Å². The molecule has 7 rings (SSSR count). The van der Waals surface area contributed by atoms with Crippen LogP contribution in [0.3, 0.4) is 0 Å². The number of amides is 2. The van der Waals surface area contributed by atoms with Gasteiger partial charge < -0.3 is 49.8 Å². The molecule has 0 radical (unpaired) electrons. The molecule has 0 aromatic heterocycles. The van der Waals surface area contributed by atoms with Crippen LogP contribution in [-0.4, -0.2) is 97.6 Å². The van der Waals surface area contributed by atoms with Gasteiger partial charge in [-0.1, -0.05) is 70.2 Å². The second-order valence-corrected chi connectivity index (χ2v) is 16.8. The van der Waals surface area contributed by atoms with Crippen LogP contribution >= 0.6 is 0 Å². The molecular weight excluding hydrogens is 815 g/mol. The molecule has 9 atom stereocenters. The number of fused-ring (bicyclic) bond motifs is 15. The zero-order chi connectivity index (χ0) is 46.2. The van der Waals surface area contributed by atoms with E-state index in [2.05, 4.69) is 10.4 Å². The summed E-state index contributed by atoms with van der Waals surface area (Å²) in [6, 6.07) is 7.34. The number of nitrogens with one attached hydrogen (secondary N) is 1. The third-order valence-electron chi connectivity index (χ3n) is 12.4. The van der Waals surface area contributed by atoms with Gasteiger partial charge in [0.05, 0.1) is 66.0 Å². The van der Waals surface area contributed by atoms with Crippen LogP contribution in [0.4, 0.5) is 5.69 Å². The smallest absolute Gasteiger partial charge is 0.312 e. The van der Waals surface area contributed by atoms with Gasteiger partial charge in [-0.2, -0.15) is 5.10 Å². The van der Waals surface area contributed by atoms with Gasteiger partial charge in [0.2, 0.25) is 5.91 Å². The number of phenols is 3. The fourth-order valence-corrected chi connectivity index (χ4v) is 8.49. The van der Waals surface area contributed by atoms with E-state index < -0.39 is 88.8 Å². The Morgan fingerprint density at radius 2 is 1.62 bits per heavy atom. The Morgan fingerprint density at radius 3 is 2.29 bits per heavy atom. The molecule has 16 nitrogen and oxygen atoms in total. The van der Waals surface area contributed by atoms with Crippen molar-refractivity contribution in [1.29, 1.82) is 0 Å². The summed E-state index contributed by atoms with van der Waals surface area (Å²) in [7, 11) is 1.42. The van der Waals surface area contributed by atoms with Crippen molar-refractivity contribution in [2.45, 2.75) is 98.6 Å². The molecule has 3 aromatic rings. The van der Waals surface area contributed by atoms with Gasteiger partial charge in [-0.3, -0.25) is 19.2 Å². The van der Waals surface area contributed by atoms with Gasteiger partial charge in [-0.25, -0.2) is 5.01 Å². The van der Waals surface area contributed by atoms with Crippen molar-refractivity contribution < 1.29 is 63.7 Å². The number of carbonyl (C=O) groups is 4. The molecule has 336 valence electrons. The van der Waals surface area contributed by atoms with Gasteiger partial charge in [-0.15, -0.1) is 0 Å². The van der Waals surface area contributed by atoms with Gasteiger partial charge in [0.1, 0.15) is 23.4 Å². The Hall–Kier alpha value is -6.23. The Bertz CT molecular complexity index is 2460. The molecule has 0 fully saturated rings. The maximum absolute atomic E-state index is 14.5. The number of esters is 1. The van der Waals surface area contributed by atoms with E-state index in [1.807, 2.05) is 24.3 Å². The quantitative estimate of drug-likeness (QED) is 0.0804. The van der Waals surface area contributed by atoms with Gasteiger partial charge in [0, 0.05) is 61.2 Å². The van der Waals surface area contributed by atoms with E-state index in [0.29, 0.717) is 0 Å². The molecule has 0 saturated carbocycles. The number of aliphatic hydroxyl groups excluding tert-OH is 2. The summed E-state index contributed by atoms with van der Waals surface area (Å²) in [5.41, 5.74) is 0.838. The van der Waals surface area contributed by atoms with E-state index in [1.165, 1.54) is 58.2 Å². The number of hydrazone groups is 1. The zero-order valence-electron chi connectivity index (χ0n) is 36.7. The summed E-state index contributed by atoms with van der Waals surface area (Å²) in [4.78, 5) is 53.9. The van der Waals surface area contributed by atoms with Crippen LogP contribution in [0.1, 0.15) is 81.1 Å². The summed E-state index contributed by atoms with van der Waals surface area (Å²) >= 11 is 0. The lowest BCUT2D eigenvalue weighted by Gasteiger charge is -2.38. The van der Waals surface area contributed by atoms with Crippen molar-refractivity contribution >= 4 is 46.2 Å². The lowest BCUT2D eigenvalue weighted by molar-refractivity contribution is -0.160. The fraction of sp³-hybridized carbons (Fsp3) is 0.426. The number of carbonyl (C=O) groups excluding carboxylic acids is 4. The van der Waals surface area contributed by atoms with Crippen LogP contribution in [-0.2, 0) is 41.6 Å². The molecule has 9 unspecified atom stereocenters. The predicted octanol–water partition coefficient (Wildman–Crippen LogP) is 5.67. The number of nitrogens with zero attached hydrogens (tertiary/aromatic N) is 2. The lowest BCUT2D eigenvalue weighted by atomic mass is 9.78. The minimum Gasteiger partial charge on any atom is -0.507 e. The molecule has 4 aliphatic rings. The Labute approximate surface area is 365 Å². The Balaban J connectivity index is 1.53. The number of aromatic hydroxyl groups is 3. The Morgan fingerprint density at radius 1 is 0.937 bits per heavy atom. The van der Waals surface area contributed by atoms with Crippen molar-refractivity contribution in [2.75, 3.05) is 12.4 Å². The zero-order valence-corrected chi connectivity index (χ0v) is 36.7. The number of anilines is 1. The second-order valence-electron chi connectivity index (χ2n) is 16.8. The lowest BCUT2D eigenvalue weighted by Crippen LogP contribution is -2.46. The first-order valence-corrected chi connectivity index (χ1v) is 20.7. The topological polar surface area (TPSA) is 234 Å². The monoisotopic (exact) mass is 869 g/mol. The summed E-state index contributed by atoms with van der Waals surface area (Å²) < 4.78 is 23.6. The summed E-state index contributed by atoms with van der Waals surface area (Å²) in [5, 5.41) is 66.2. The van der Waals surface area contributed by atoms with Crippen LogP contribution < -0.4 is 10.1 Å². The molecule has 16 heteroatoms. The van der Waals surface area contributed by atoms with E-state index in [9.17, 15) is 44.7 Å². The third-order valence-corrected chi connectivity index (χ3v) is 12.4. The highest BCUT2D eigenvalue weighted by atomic mass is 16.7. The molecule has 4 aliphatic heterocycles. The van der Waals surface area contributed by atoms with Crippen molar-refractivity contribution in [1.82, 2.24) is 5.01 Å². The minimum absolute atomic E-state index is 0.00515. The number of rotatable bonds is 4. The van der Waals surface area contributed by atoms with Gasteiger partial charge in [0.25, 0.3) is 11.7 Å². The van der Waals surface area contributed by atoms with Gasteiger partial charge in [-0.05, 0) is 31.1 Å². The standard InChI is InChI=1S/C47H55N3O13/c1-22-13-12-14-23(2)46(59)49-37-31(20-48-50-21-30-16-11-10-15-29(30)19-33(50)52)41(56)34-35(42(37)57)40(55)27(6)44-36(34)45(58)47(8,63-44)61-18-17-32(60-9)24(3)43(62-28(7)51)26(5)39(54)25(4)38(22)53/h10-18,20,22,24-26,32,38-39,43,53-57H,19,21H2,1-9H3,(H,49,59)/b13-12-,18-17?,23-14-,48-20+. The number of hydrogen-bond acceptors (Lipinski definition) is 14. The number of methoxy groups -OCH3 is 1. The summed E-state index contributed by atoms with van der Waals surface area (Å²) in [6.45, 7) is 12.4. The molecule has 0 aliphatic carbocycles. The number of ketones is 1. The van der Waals surface area contributed by atoms with Gasteiger partial charge in [0.15, 0.2) is 5.75 Å². The predicted molar refractivity (Wildman–Crippen MR) is 232 cm³/mol. The number of phenolic OH excluding ortho intramolecular Hbond substituents is 3. The van der Waals surface area contributed by atoms with Gasteiger partial charge >= 0.3 is 11.8 Å². The maximum Gasteiger partial charge on any atom is 0.312 e. The maximum atomic E-state index is 14.5. The van der Waals surface area contributed by atoms with Crippen molar-refractivity contribution in [2.24, 2.45) is 28.8 Å². The Kier molecular flexibility index (Phi) is 13.4. The third kappa shape index (κ3) is 8.75. The SMILES string of the molecule is COC1C=COC2(C)Oc3c(C)c(O)c4c(O)c(c(/C=N/N5Cc6ccccc6CC5=O)c(O)c4c3C2=O)NC(=O)/C(C)=C\C=C/C(C)C(O)C(C)C(O)C(C)C(OC(C)=O)C1C. The van der Waals surface area contributed by atoms with E-state index >= 15 is 0 Å². The highest BCUT2D eigenvalue weighted by Crippen LogP contribution is 2.55. The number of benzene rings is 3. The average molecular weight is 870 g/mol. The van der Waals surface area contributed by atoms with E-state index in [4.69, 9.17) is 18.9 Å². The van der Waals surface area contributed by atoms with Crippen LogP contribution in [0.25, 0.3) is 10.8 Å². The van der Waals surface area contributed by atoms with Crippen LogP contribution in [0.5, 0.6) is 23.0 Å².